The molecular formula is C23H20ClN3O6S. The number of hydrogen-bond acceptors (Lipinski definition) is 7. The van der Waals surface area contributed by atoms with Gasteiger partial charge in [0.25, 0.3) is 21.8 Å². The van der Waals surface area contributed by atoms with Crippen LogP contribution in [-0.4, -0.2) is 44.8 Å². The lowest BCUT2D eigenvalue weighted by Gasteiger charge is -2.10. The first-order valence-corrected chi connectivity index (χ1v) is 11.8. The molecule has 0 saturated heterocycles. The molecule has 2 amide bonds. The molecule has 0 atom stereocenters. The van der Waals surface area contributed by atoms with Crippen molar-refractivity contribution < 1.29 is 27.5 Å². The summed E-state index contributed by atoms with van der Waals surface area (Å²) in [4.78, 5) is 39.7. The van der Waals surface area contributed by atoms with Crippen molar-refractivity contribution in [2.45, 2.75) is 11.3 Å². The molecule has 3 aromatic rings. The number of halogens is 1. The molecule has 0 saturated carbocycles. The van der Waals surface area contributed by atoms with Gasteiger partial charge in [-0.3, -0.25) is 9.59 Å². The van der Waals surface area contributed by atoms with Gasteiger partial charge in [0, 0.05) is 23.3 Å². The van der Waals surface area contributed by atoms with Crippen LogP contribution in [0.15, 0.2) is 71.8 Å². The molecule has 176 valence electrons. The molecule has 1 heterocycles. The highest BCUT2D eigenvalue weighted by Gasteiger charge is 2.20. The number of amides is 2. The summed E-state index contributed by atoms with van der Waals surface area (Å²) in [5.74, 6) is -1.86. The summed E-state index contributed by atoms with van der Waals surface area (Å²) in [6.07, 6.45) is 1.45. The Morgan fingerprint density at radius 2 is 1.68 bits per heavy atom. The van der Waals surface area contributed by atoms with Gasteiger partial charge in [0.05, 0.1) is 17.6 Å². The lowest BCUT2D eigenvalue weighted by Crippen LogP contribution is -2.31. The predicted molar refractivity (Wildman–Crippen MR) is 124 cm³/mol. The topological polar surface area (TPSA) is 132 Å². The molecule has 9 nitrogen and oxygen atoms in total. The number of nitrogens with one attached hydrogen (secondary N) is 2. The zero-order valence-corrected chi connectivity index (χ0v) is 19.5. The van der Waals surface area contributed by atoms with E-state index in [1.807, 2.05) is 4.72 Å². The quantitative estimate of drug-likeness (QED) is 0.453. The smallest absolute Gasteiger partial charge is 0.356 e. The fraction of sp³-hybridized carbons (Fsp3) is 0.130. The highest BCUT2D eigenvalue weighted by Crippen LogP contribution is 2.13. The fourth-order valence-electron chi connectivity index (χ4n) is 2.89. The van der Waals surface area contributed by atoms with Crippen LogP contribution in [0.5, 0.6) is 0 Å². The van der Waals surface area contributed by atoms with Gasteiger partial charge in [0.1, 0.15) is 5.69 Å². The number of pyridine rings is 1. The molecule has 0 bridgehead atoms. The van der Waals surface area contributed by atoms with Gasteiger partial charge in [0.15, 0.2) is 0 Å². The standard InChI is InChI=1S/C23H20ClN3O6S/c1-33-23(30)20-10-7-17(14-26-20)22(29)27-34(31,32)19-4-2-3-15(13-19)11-12-25-21(28)16-5-8-18(24)9-6-16/h2-10,13-14H,11-12H2,1H3,(H,25,28)(H,27,29). The molecule has 3 rings (SSSR count). The Hall–Kier alpha value is -3.76. The maximum absolute atomic E-state index is 12.7. The van der Waals surface area contributed by atoms with Crippen molar-refractivity contribution in [2.75, 3.05) is 13.7 Å². The zero-order chi connectivity index (χ0) is 24.7. The van der Waals surface area contributed by atoms with Crippen LogP contribution in [0, 0.1) is 0 Å². The number of aromatic nitrogens is 1. The minimum atomic E-state index is -4.17. The molecule has 11 heteroatoms. The average molecular weight is 502 g/mol. The molecule has 0 fully saturated rings. The Bertz CT molecular complexity index is 1310. The second-order valence-electron chi connectivity index (χ2n) is 7.02. The van der Waals surface area contributed by atoms with Crippen molar-refractivity contribution in [2.24, 2.45) is 0 Å². The molecule has 0 aliphatic heterocycles. The van der Waals surface area contributed by atoms with E-state index in [4.69, 9.17) is 11.6 Å². The van der Waals surface area contributed by atoms with E-state index in [0.717, 1.165) is 6.20 Å². The molecule has 1 aromatic heterocycles. The van der Waals surface area contributed by atoms with E-state index in [1.165, 1.54) is 31.4 Å². The largest absolute Gasteiger partial charge is 0.464 e. The molecule has 34 heavy (non-hydrogen) atoms. The highest BCUT2D eigenvalue weighted by molar-refractivity contribution is 7.90. The normalized spacial score (nSPS) is 10.9. The number of carbonyl (C=O) groups is 3. The average Bonchev–Trinajstić information content (AvgIpc) is 2.84. The van der Waals surface area contributed by atoms with E-state index in [9.17, 15) is 22.8 Å². The maximum atomic E-state index is 12.7. The first-order chi connectivity index (χ1) is 16.2. The summed E-state index contributed by atoms with van der Waals surface area (Å²) in [6, 6.07) is 15.0. The minimum absolute atomic E-state index is 0.0160. The van der Waals surface area contributed by atoms with Crippen LogP contribution in [0.1, 0.15) is 36.8 Å². The Kier molecular flexibility index (Phi) is 7.98. The fourth-order valence-corrected chi connectivity index (χ4v) is 4.06. The molecule has 2 N–H and O–H groups in total. The van der Waals surface area contributed by atoms with E-state index in [1.54, 1.807) is 36.4 Å². The number of ether oxygens (including phenoxy) is 1. The molecule has 0 unspecified atom stereocenters. The van der Waals surface area contributed by atoms with E-state index in [0.29, 0.717) is 22.6 Å². The lowest BCUT2D eigenvalue weighted by atomic mass is 10.1. The first kappa shape index (κ1) is 24.9. The number of nitrogens with zero attached hydrogens (tertiary/aromatic N) is 1. The third kappa shape index (κ3) is 6.40. The van der Waals surface area contributed by atoms with Crippen molar-refractivity contribution in [1.29, 1.82) is 0 Å². The van der Waals surface area contributed by atoms with Gasteiger partial charge in [-0.1, -0.05) is 23.7 Å². The van der Waals surface area contributed by atoms with Crippen LogP contribution in [0.4, 0.5) is 0 Å². The third-order valence-electron chi connectivity index (χ3n) is 4.66. The van der Waals surface area contributed by atoms with Gasteiger partial charge in [-0.25, -0.2) is 22.9 Å². The van der Waals surface area contributed by atoms with Crippen molar-refractivity contribution in [3.05, 3.63) is 94.3 Å². The molecule has 0 aliphatic carbocycles. The second kappa shape index (κ2) is 10.9. The maximum Gasteiger partial charge on any atom is 0.356 e. The first-order valence-electron chi connectivity index (χ1n) is 9.94. The van der Waals surface area contributed by atoms with Crippen molar-refractivity contribution in [1.82, 2.24) is 15.0 Å². The van der Waals surface area contributed by atoms with E-state index in [-0.39, 0.29) is 28.6 Å². The minimum Gasteiger partial charge on any atom is -0.464 e. The van der Waals surface area contributed by atoms with E-state index in [2.05, 4.69) is 15.0 Å². The van der Waals surface area contributed by atoms with Crippen LogP contribution in [0.2, 0.25) is 5.02 Å². The van der Waals surface area contributed by atoms with Gasteiger partial charge in [-0.15, -0.1) is 0 Å². The van der Waals surface area contributed by atoms with Gasteiger partial charge in [-0.2, -0.15) is 0 Å². The number of rotatable bonds is 8. The number of sulfonamides is 1. The Labute approximate surface area is 201 Å². The number of carbonyl (C=O) groups excluding carboxylic acids is 3. The van der Waals surface area contributed by atoms with Crippen molar-refractivity contribution in [3.8, 4) is 0 Å². The van der Waals surface area contributed by atoms with E-state index >= 15 is 0 Å². The van der Waals surface area contributed by atoms with Crippen LogP contribution in [0.3, 0.4) is 0 Å². The monoisotopic (exact) mass is 501 g/mol. The lowest BCUT2D eigenvalue weighted by molar-refractivity contribution is 0.0593. The number of hydrogen-bond donors (Lipinski definition) is 2. The zero-order valence-electron chi connectivity index (χ0n) is 17.9. The van der Waals surface area contributed by atoms with E-state index < -0.39 is 21.9 Å². The van der Waals surface area contributed by atoms with Gasteiger partial charge in [-0.05, 0) is 60.5 Å². The molecular weight excluding hydrogens is 482 g/mol. The summed E-state index contributed by atoms with van der Waals surface area (Å²) in [7, 11) is -2.98. The van der Waals surface area contributed by atoms with Crippen molar-refractivity contribution >= 4 is 39.4 Å². The Morgan fingerprint density at radius 3 is 2.32 bits per heavy atom. The molecule has 0 radical (unpaired) electrons. The van der Waals surface area contributed by atoms with Crippen LogP contribution in [-0.2, 0) is 21.2 Å². The summed E-state index contributed by atoms with van der Waals surface area (Å²) < 4.78 is 31.9. The summed E-state index contributed by atoms with van der Waals surface area (Å²) in [5, 5.41) is 3.28. The Balaban J connectivity index is 1.62. The van der Waals surface area contributed by atoms with Crippen molar-refractivity contribution in [3.63, 3.8) is 0 Å². The van der Waals surface area contributed by atoms with Gasteiger partial charge < -0.3 is 10.1 Å². The Morgan fingerprint density at radius 1 is 0.971 bits per heavy atom. The third-order valence-corrected chi connectivity index (χ3v) is 6.24. The molecule has 2 aromatic carbocycles. The SMILES string of the molecule is COC(=O)c1ccc(C(=O)NS(=O)(=O)c2cccc(CCNC(=O)c3ccc(Cl)cc3)c2)cn1. The predicted octanol–water partition coefficient (Wildman–Crippen LogP) is 2.61. The highest BCUT2D eigenvalue weighted by atomic mass is 35.5. The molecule has 0 spiro atoms. The second-order valence-corrected chi connectivity index (χ2v) is 9.14. The number of benzene rings is 2. The summed E-state index contributed by atoms with van der Waals surface area (Å²) >= 11 is 5.81. The van der Waals surface area contributed by atoms with Crippen LogP contribution >= 0.6 is 11.6 Å². The summed E-state index contributed by atoms with van der Waals surface area (Å²) in [5.41, 5.74) is 1.04. The number of esters is 1. The van der Waals surface area contributed by atoms with Crippen LogP contribution in [0.25, 0.3) is 0 Å². The van der Waals surface area contributed by atoms with Gasteiger partial charge >= 0.3 is 5.97 Å². The summed E-state index contributed by atoms with van der Waals surface area (Å²) in [6.45, 7) is 0.273. The van der Waals surface area contributed by atoms with Gasteiger partial charge in [0.2, 0.25) is 0 Å². The number of methoxy groups -OCH3 is 1. The van der Waals surface area contributed by atoms with Crippen LogP contribution < -0.4 is 10.0 Å². The molecule has 0 aliphatic rings.